The fourth-order valence-electron chi connectivity index (χ4n) is 3.57. The van der Waals surface area contributed by atoms with E-state index < -0.39 is 0 Å². The zero-order valence-electron chi connectivity index (χ0n) is 18.4. The van der Waals surface area contributed by atoms with E-state index in [0.29, 0.717) is 19.5 Å². The Labute approximate surface area is 183 Å². The second-order valence-electron chi connectivity index (χ2n) is 7.74. The molecule has 162 valence electrons. The number of nitrogens with zero attached hydrogens (tertiary/aromatic N) is 3. The summed E-state index contributed by atoms with van der Waals surface area (Å²) >= 11 is 0. The van der Waals surface area contributed by atoms with Crippen molar-refractivity contribution in [2.24, 2.45) is 0 Å². The smallest absolute Gasteiger partial charge is 0.243 e. The van der Waals surface area contributed by atoms with E-state index in [2.05, 4.69) is 5.32 Å². The highest BCUT2D eigenvalue weighted by atomic mass is 16.2. The molecule has 2 aromatic carbocycles. The Morgan fingerprint density at radius 3 is 2.52 bits per heavy atom. The first-order valence-corrected chi connectivity index (χ1v) is 10.7. The third-order valence-corrected chi connectivity index (χ3v) is 5.13. The van der Waals surface area contributed by atoms with Crippen LogP contribution in [0.25, 0.3) is 11.0 Å². The van der Waals surface area contributed by atoms with Gasteiger partial charge in [0.15, 0.2) is 0 Å². The number of fused-ring (bicyclic) bond motifs is 1. The highest BCUT2D eigenvalue weighted by molar-refractivity contribution is 5.87. The molecule has 6 heteroatoms. The molecule has 0 aliphatic heterocycles. The lowest BCUT2D eigenvalue weighted by atomic mass is 10.2. The quantitative estimate of drug-likeness (QED) is 0.539. The molecule has 1 aromatic heterocycles. The van der Waals surface area contributed by atoms with Crippen LogP contribution in [0.15, 0.2) is 66.7 Å². The van der Waals surface area contributed by atoms with Crippen LogP contribution in [0.3, 0.4) is 0 Å². The van der Waals surface area contributed by atoms with Gasteiger partial charge in [0.1, 0.15) is 12.4 Å². The molecule has 0 aliphatic rings. The Bertz CT molecular complexity index is 1050. The highest BCUT2D eigenvalue weighted by Crippen LogP contribution is 2.18. The fraction of sp³-hybridized carbons (Fsp3) is 0.320. The lowest BCUT2D eigenvalue weighted by Crippen LogP contribution is -2.39. The van der Waals surface area contributed by atoms with Crippen molar-refractivity contribution >= 4 is 22.8 Å². The Morgan fingerprint density at radius 1 is 1.10 bits per heavy atom. The van der Waals surface area contributed by atoms with Gasteiger partial charge in [-0.1, -0.05) is 48.5 Å². The van der Waals surface area contributed by atoms with Gasteiger partial charge in [-0.25, -0.2) is 4.98 Å². The van der Waals surface area contributed by atoms with Crippen molar-refractivity contribution in [2.45, 2.75) is 46.3 Å². The van der Waals surface area contributed by atoms with E-state index in [1.54, 1.807) is 13.0 Å². The van der Waals surface area contributed by atoms with Gasteiger partial charge in [-0.3, -0.25) is 9.59 Å². The summed E-state index contributed by atoms with van der Waals surface area (Å²) in [5, 5.41) is 2.86. The van der Waals surface area contributed by atoms with Crippen LogP contribution < -0.4 is 5.32 Å². The van der Waals surface area contributed by atoms with Crippen LogP contribution in [-0.2, 0) is 29.1 Å². The first-order chi connectivity index (χ1) is 15.0. The predicted octanol–water partition coefficient (Wildman–Crippen LogP) is 3.71. The Hall–Kier alpha value is -3.41. The Morgan fingerprint density at radius 2 is 1.81 bits per heavy atom. The molecular formula is C25H30N4O2. The maximum absolute atomic E-state index is 13.3. The first-order valence-electron chi connectivity index (χ1n) is 10.7. The van der Waals surface area contributed by atoms with Crippen LogP contribution in [0.5, 0.6) is 0 Å². The molecule has 31 heavy (non-hydrogen) atoms. The molecule has 1 heterocycles. The molecule has 0 spiro atoms. The van der Waals surface area contributed by atoms with E-state index in [-0.39, 0.29) is 24.4 Å². The first kappa shape index (κ1) is 22.3. The second kappa shape index (κ2) is 10.6. The van der Waals surface area contributed by atoms with Crippen LogP contribution in [0, 0.1) is 0 Å². The number of nitrogens with one attached hydrogen (secondary N) is 1. The number of hydrogen-bond donors (Lipinski definition) is 1. The van der Waals surface area contributed by atoms with Crippen molar-refractivity contribution in [3.63, 3.8) is 0 Å². The van der Waals surface area contributed by atoms with Gasteiger partial charge in [0.25, 0.3) is 0 Å². The van der Waals surface area contributed by atoms with Crippen molar-refractivity contribution in [1.29, 1.82) is 0 Å². The van der Waals surface area contributed by atoms with Gasteiger partial charge in [-0.15, -0.1) is 0 Å². The fourth-order valence-corrected chi connectivity index (χ4v) is 3.57. The highest BCUT2D eigenvalue weighted by Gasteiger charge is 2.20. The van der Waals surface area contributed by atoms with Crippen molar-refractivity contribution < 1.29 is 9.59 Å². The summed E-state index contributed by atoms with van der Waals surface area (Å²) in [6.45, 7) is 7.11. The molecule has 3 aromatic rings. The van der Waals surface area contributed by atoms with E-state index in [0.717, 1.165) is 22.4 Å². The maximum atomic E-state index is 13.3. The number of imidazole rings is 1. The summed E-state index contributed by atoms with van der Waals surface area (Å²) < 4.78 is 1.97. The summed E-state index contributed by atoms with van der Waals surface area (Å²) in [5.41, 5.74) is 2.88. The lowest BCUT2D eigenvalue weighted by molar-refractivity contribution is -0.134. The Balaban J connectivity index is 1.81. The SMILES string of the molecule is C/C=C/C(=O)NCCc1nc2ccccc2n1CC(=O)N(Cc1ccccc1)C(C)C. The van der Waals surface area contributed by atoms with Crippen molar-refractivity contribution in [2.75, 3.05) is 6.54 Å². The van der Waals surface area contributed by atoms with Gasteiger partial charge < -0.3 is 14.8 Å². The number of para-hydroxylation sites is 2. The van der Waals surface area contributed by atoms with Crippen molar-refractivity contribution in [3.05, 3.63) is 78.1 Å². The van der Waals surface area contributed by atoms with Crippen LogP contribution in [0.4, 0.5) is 0 Å². The van der Waals surface area contributed by atoms with Gasteiger partial charge in [-0.2, -0.15) is 0 Å². The molecule has 0 unspecified atom stereocenters. The molecule has 0 saturated heterocycles. The number of allylic oxidation sites excluding steroid dienone is 1. The summed E-state index contributed by atoms with van der Waals surface area (Å²) in [5.74, 6) is 0.704. The van der Waals surface area contributed by atoms with Crippen LogP contribution in [-0.4, -0.2) is 38.9 Å². The van der Waals surface area contributed by atoms with Gasteiger partial charge in [-0.05, 0) is 44.5 Å². The van der Waals surface area contributed by atoms with E-state index in [4.69, 9.17) is 4.98 Å². The molecule has 0 bridgehead atoms. The molecule has 2 amide bonds. The minimum Gasteiger partial charge on any atom is -0.352 e. The van der Waals surface area contributed by atoms with Crippen molar-refractivity contribution in [1.82, 2.24) is 19.8 Å². The molecule has 0 saturated carbocycles. The van der Waals surface area contributed by atoms with Crippen LogP contribution in [0.2, 0.25) is 0 Å². The van der Waals surface area contributed by atoms with Crippen molar-refractivity contribution in [3.8, 4) is 0 Å². The molecule has 0 fully saturated rings. The molecule has 3 rings (SSSR count). The summed E-state index contributed by atoms with van der Waals surface area (Å²) in [6.07, 6.45) is 3.75. The van der Waals surface area contributed by atoms with E-state index in [1.807, 2.05) is 77.9 Å². The van der Waals surface area contributed by atoms with Gasteiger partial charge in [0.2, 0.25) is 11.8 Å². The van der Waals surface area contributed by atoms with Gasteiger partial charge >= 0.3 is 0 Å². The number of hydrogen-bond acceptors (Lipinski definition) is 3. The topological polar surface area (TPSA) is 67.2 Å². The van der Waals surface area contributed by atoms with Crippen LogP contribution in [0.1, 0.15) is 32.2 Å². The molecule has 0 aliphatic carbocycles. The maximum Gasteiger partial charge on any atom is 0.243 e. The van der Waals surface area contributed by atoms with E-state index >= 15 is 0 Å². The third kappa shape index (κ3) is 5.81. The Kier molecular flexibility index (Phi) is 7.60. The van der Waals surface area contributed by atoms with Gasteiger partial charge in [0.05, 0.1) is 11.0 Å². The summed E-state index contributed by atoms with van der Waals surface area (Å²) in [4.78, 5) is 31.6. The summed E-state index contributed by atoms with van der Waals surface area (Å²) in [6, 6.07) is 17.9. The lowest BCUT2D eigenvalue weighted by Gasteiger charge is -2.27. The van der Waals surface area contributed by atoms with Crippen LogP contribution >= 0.6 is 0 Å². The molecule has 0 atom stereocenters. The van der Waals surface area contributed by atoms with E-state index in [1.165, 1.54) is 6.08 Å². The minimum absolute atomic E-state index is 0.0428. The monoisotopic (exact) mass is 418 g/mol. The second-order valence-corrected chi connectivity index (χ2v) is 7.74. The molecule has 0 radical (unpaired) electrons. The predicted molar refractivity (Wildman–Crippen MR) is 123 cm³/mol. The molecule has 1 N–H and O–H groups in total. The normalized spacial score (nSPS) is 11.4. The number of benzene rings is 2. The third-order valence-electron chi connectivity index (χ3n) is 5.13. The summed E-state index contributed by atoms with van der Waals surface area (Å²) in [7, 11) is 0. The van der Waals surface area contributed by atoms with E-state index in [9.17, 15) is 9.59 Å². The van der Waals surface area contributed by atoms with Gasteiger partial charge in [0, 0.05) is 25.6 Å². The number of aromatic nitrogens is 2. The molecule has 6 nitrogen and oxygen atoms in total. The zero-order chi connectivity index (χ0) is 22.2. The number of amides is 2. The standard InChI is InChI=1S/C25H30N4O2/c1-4-10-24(30)26-16-15-23-27-21-13-8-9-14-22(21)29(23)18-25(31)28(19(2)3)17-20-11-6-5-7-12-20/h4-14,19H,15-18H2,1-3H3,(H,26,30)/b10-4+. The zero-order valence-corrected chi connectivity index (χ0v) is 18.4. The molecular weight excluding hydrogens is 388 g/mol. The number of carbonyl (C=O) groups excluding carboxylic acids is 2. The largest absolute Gasteiger partial charge is 0.352 e. The number of rotatable bonds is 9. The number of carbonyl (C=O) groups is 2. The average molecular weight is 419 g/mol. The average Bonchev–Trinajstić information content (AvgIpc) is 3.10. The minimum atomic E-state index is -0.130.